The van der Waals surface area contributed by atoms with Gasteiger partial charge in [0.05, 0.1) is 12.7 Å². The summed E-state index contributed by atoms with van der Waals surface area (Å²) < 4.78 is 42.9. The van der Waals surface area contributed by atoms with Gasteiger partial charge in [-0.05, 0) is 17.7 Å². The molecule has 0 unspecified atom stereocenters. The number of nitrogens with one attached hydrogen (secondary N) is 1. The molecule has 0 atom stereocenters. The molecule has 2 rings (SSSR count). The Kier molecular flexibility index (Phi) is 4.15. The summed E-state index contributed by atoms with van der Waals surface area (Å²) in [4.78, 5) is 7.81. The van der Waals surface area contributed by atoms with Crippen LogP contribution in [-0.4, -0.2) is 17.1 Å². The molecule has 21 heavy (non-hydrogen) atoms. The van der Waals surface area contributed by atoms with Crippen LogP contribution >= 0.6 is 0 Å². The van der Waals surface area contributed by atoms with Gasteiger partial charge in [-0.3, -0.25) is 0 Å². The minimum absolute atomic E-state index is 0.0538. The van der Waals surface area contributed by atoms with Gasteiger partial charge in [0.25, 0.3) is 0 Å². The maximum absolute atomic E-state index is 12.7. The average Bonchev–Trinajstić information content (AvgIpc) is 2.44. The van der Waals surface area contributed by atoms with Crippen LogP contribution in [0, 0.1) is 0 Å². The molecule has 0 saturated heterocycles. The summed E-state index contributed by atoms with van der Waals surface area (Å²) in [6.07, 6.45) is -2.90. The van der Waals surface area contributed by atoms with Crippen molar-refractivity contribution in [3.63, 3.8) is 0 Å². The van der Waals surface area contributed by atoms with Crippen LogP contribution in [0.25, 0.3) is 0 Å². The lowest BCUT2D eigenvalue weighted by atomic mass is 10.2. The number of alkyl halides is 3. The van der Waals surface area contributed by atoms with Gasteiger partial charge in [-0.1, -0.05) is 6.07 Å². The molecule has 8 heteroatoms. The van der Waals surface area contributed by atoms with Crippen molar-refractivity contribution in [1.29, 1.82) is 0 Å². The van der Waals surface area contributed by atoms with E-state index in [-0.39, 0.29) is 18.2 Å². The maximum atomic E-state index is 12.7. The predicted octanol–water partition coefficient (Wildman–Crippen LogP) is 2.70. The van der Waals surface area contributed by atoms with Crippen LogP contribution < -0.4 is 15.8 Å². The van der Waals surface area contributed by atoms with E-state index in [9.17, 15) is 13.2 Å². The van der Waals surface area contributed by atoms with E-state index < -0.39 is 11.7 Å². The SMILES string of the molecule is COc1ccc(CNc2cc(C(F)(F)F)cc(N)n2)cn1. The van der Waals surface area contributed by atoms with Crippen molar-refractivity contribution in [1.82, 2.24) is 9.97 Å². The molecule has 0 aliphatic rings. The monoisotopic (exact) mass is 298 g/mol. The number of hydrogen-bond donors (Lipinski definition) is 2. The van der Waals surface area contributed by atoms with Crippen molar-refractivity contribution in [3.8, 4) is 5.88 Å². The van der Waals surface area contributed by atoms with Crippen LogP contribution in [-0.2, 0) is 12.7 Å². The number of rotatable bonds is 4. The second-order valence-electron chi connectivity index (χ2n) is 4.23. The molecule has 0 saturated carbocycles. The molecule has 2 aromatic rings. The van der Waals surface area contributed by atoms with Crippen molar-refractivity contribution < 1.29 is 17.9 Å². The molecule has 0 fully saturated rings. The first-order valence-corrected chi connectivity index (χ1v) is 5.96. The molecule has 112 valence electrons. The molecular formula is C13H13F3N4O. The third-order valence-electron chi connectivity index (χ3n) is 2.65. The van der Waals surface area contributed by atoms with E-state index >= 15 is 0 Å². The van der Waals surface area contributed by atoms with Gasteiger partial charge in [0.2, 0.25) is 5.88 Å². The average molecular weight is 298 g/mol. The zero-order chi connectivity index (χ0) is 15.5. The quantitative estimate of drug-likeness (QED) is 0.908. The summed E-state index contributed by atoms with van der Waals surface area (Å²) >= 11 is 0. The van der Waals surface area contributed by atoms with Crippen LogP contribution in [0.2, 0.25) is 0 Å². The number of aromatic nitrogens is 2. The fourth-order valence-electron chi connectivity index (χ4n) is 1.64. The van der Waals surface area contributed by atoms with Crippen LogP contribution in [0.4, 0.5) is 24.8 Å². The van der Waals surface area contributed by atoms with E-state index in [4.69, 9.17) is 10.5 Å². The zero-order valence-corrected chi connectivity index (χ0v) is 11.1. The van der Waals surface area contributed by atoms with Crippen molar-refractivity contribution in [3.05, 3.63) is 41.6 Å². The molecule has 0 radical (unpaired) electrons. The molecule has 0 aliphatic carbocycles. The standard InChI is InChI=1S/C13H13F3N4O/c1-21-12-3-2-8(7-19-12)6-18-11-5-9(13(14,15)16)4-10(17)20-11/h2-5,7H,6H2,1H3,(H3,17,18,20). The van der Waals surface area contributed by atoms with Crippen molar-refractivity contribution in [2.24, 2.45) is 0 Å². The van der Waals surface area contributed by atoms with Gasteiger partial charge >= 0.3 is 6.18 Å². The van der Waals surface area contributed by atoms with Gasteiger partial charge in [0.1, 0.15) is 11.6 Å². The van der Waals surface area contributed by atoms with Gasteiger partial charge in [-0.25, -0.2) is 9.97 Å². The van der Waals surface area contributed by atoms with E-state index in [2.05, 4.69) is 15.3 Å². The fourth-order valence-corrected chi connectivity index (χ4v) is 1.64. The summed E-state index contributed by atoms with van der Waals surface area (Å²) in [5.41, 5.74) is 5.31. The van der Waals surface area contributed by atoms with Gasteiger partial charge < -0.3 is 15.8 Å². The number of ether oxygens (including phenoxy) is 1. The number of pyridine rings is 2. The lowest BCUT2D eigenvalue weighted by Crippen LogP contribution is -2.10. The Labute approximate surface area is 119 Å². The lowest BCUT2D eigenvalue weighted by Gasteiger charge is -2.11. The normalized spacial score (nSPS) is 11.2. The smallest absolute Gasteiger partial charge is 0.416 e. The zero-order valence-electron chi connectivity index (χ0n) is 11.1. The summed E-state index contributed by atoms with van der Waals surface area (Å²) in [7, 11) is 1.50. The first kappa shape index (κ1) is 14.9. The minimum atomic E-state index is -4.46. The molecular weight excluding hydrogens is 285 g/mol. The molecule has 0 bridgehead atoms. The summed E-state index contributed by atoms with van der Waals surface area (Å²) in [5.74, 6) is 0.318. The lowest BCUT2D eigenvalue weighted by molar-refractivity contribution is -0.137. The minimum Gasteiger partial charge on any atom is -0.481 e. The van der Waals surface area contributed by atoms with E-state index in [1.54, 1.807) is 18.3 Å². The number of nitrogens with zero attached hydrogens (tertiary/aromatic N) is 2. The van der Waals surface area contributed by atoms with E-state index in [0.29, 0.717) is 5.88 Å². The number of nitrogen functional groups attached to an aromatic ring is 1. The Hall–Kier alpha value is -2.51. The molecule has 2 aromatic heterocycles. The van der Waals surface area contributed by atoms with Gasteiger partial charge in [0, 0.05) is 18.8 Å². The first-order valence-electron chi connectivity index (χ1n) is 5.96. The van der Waals surface area contributed by atoms with E-state index in [1.165, 1.54) is 7.11 Å². The van der Waals surface area contributed by atoms with Crippen LogP contribution in [0.3, 0.4) is 0 Å². The van der Waals surface area contributed by atoms with Crippen molar-refractivity contribution >= 4 is 11.6 Å². The highest BCUT2D eigenvalue weighted by Crippen LogP contribution is 2.31. The third kappa shape index (κ3) is 3.98. The molecule has 0 aromatic carbocycles. The molecule has 0 aliphatic heterocycles. The maximum Gasteiger partial charge on any atom is 0.416 e. The van der Waals surface area contributed by atoms with Gasteiger partial charge in [0.15, 0.2) is 0 Å². The topological polar surface area (TPSA) is 73.1 Å². The Morgan fingerprint density at radius 1 is 1.29 bits per heavy atom. The first-order chi connectivity index (χ1) is 9.88. The van der Waals surface area contributed by atoms with Crippen molar-refractivity contribution in [2.75, 3.05) is 18.2 Å². The van der Waals surface area contributed by atoms with Gasteiger partial charge in [-0.2, -0.15) is 13.2 Å². The Bertz CT molecular complexity index is 614. The molecule has 2 heterocycles. The van der Waals surface area contributed by atoms with Crippen LogP contribution in [0.5, 0.6) is 5.88 Å². The van der Waals surface area contributed by atoms with Crippen LogP contribution in [0.1, 0.15) is 11.1 Å². The molecule has 3 N–H and O–H groups in total. The summed E-state index contributed by atoms with van der Waals surface area (Å²) in [6, 6.07) is 5.11. The number of hydrogen-bond acceptors (Lipinski definition) is 5. The predicted molar refractivity (Wildman–Crippen MR) is 71.8 cm³/mol. The highest BCUT2D eigenvalue weighted by atomic mass is 19.4. The highest BCUT2D eigenvalue weighted by molar-refractivity contribution is 5.47. The number of methoxy groups -OCH3 is 1. The number of nitrogens with two attached hydrogens (primary N) is 1. The van der Waals surface area contributed by atoms with Crippen LogP contribution in [0.15, 0.2) is 30.5 Å². The Balaban J connectivity index is 2.10. The van der Waals surface area contributed by atoms with E-state index in [0.717, 1.165) is 17.7 Å². The van der Waals surface area contributed by atoms with Crippen molar-refractivity contribution in [2.45, 2.75) is 12.7 Å². The molecule has 0 amide bonds. The Morgan fingerprint density at radius 3 is 2.62 bits per heavy atom. The summed E-state index contributed by atoms with van der Waals surface area (Å²) in [6.45, 7) is 0.269. The molecule has 5 nitrogen and oxygen atoms in total. The number of halogens is 3. The molecule has 0 spiro atoms. The second-order valence-corrected chi connectivity index (χ2v) is 4.23. The third-order valence-corrected chi connectivity index (χ3v) is 2.65. The Morgan fingerprint density at radius 2 is 2.05 bits per heavy atom. The van der Waals surface area contributed by atoms with Gasteiger partial charge in [-0.15, -0.1) is 0 Å². The summed E-state index contributed by atoms with van der Waals surface area (Å²) in [5, 5.41) is 2.78. The number of anilines is 2. The fraction of sp³-hybridized carbons (Fsp3) is 0.231. The largest absolute Gasteiger partial charge is 0.481 e. The van der Waals surface area contributed by atoms with E-state index in [1.807, 2.05) is 0 Å². The highest BCUT2D eigenvalue weighted by Gasteiger charge is 2.31. The second kappa shape index (κ2) is 5.86.